The van der Waals surface area contributed by atoms with Gasteiger partial charge in [0.25, 0.3) is 0 Å². The summed E-state index contributed by atoms with van der Waals surface area (Å²) in [5.74, 6) is 1.16. The monoisotopic (exact) mass is 310 g/mol. The molecule has 118 valence electrons. The number of rotatable bonds is 8. The topological polar surface area (TPSA) is 58.2 Å². The summed E-state index contributed by atoms with van der Waals surface area (Å²) in [6.45, 7) is 8.31. The van der Waals surface area contributed by atoms with Crippen molar-refractivity contribution in [2.24, 2.45) is 11.8 Å². The third kappa shape index (κ3) is 4.28. The van der Waals surface area contributed by atoms with Crippen LogP contribution in [0.4, 0.5) is 0 Å². The van der Waals surface area contributed by atoms with E-state index in [9.17, 15) is 8.42 Å². The van der Waals surface area contributed by atoms with E-state index in [-0.39, 0.29) is 0 Å². The highest BCUT2D eigenvalue weighted by Crippen LogP contribution is 2.37. The normalized spacial score (nSPS) is 21.5. The van der Waals surface area contributed by atoms with Gasteiger partial charge in [0, 0.05) is 13.1 Å². The highest BCUT2D eigenvalue weighted by Gasteiger charge is 2.33. The number of sulfonamides is 1. The van der Waals surface area contributed by atoms with Crippen molar-refractivity contribution < 1.29 is 8.42 Å². The van der Waals surface area contributed by atoms with E-state index in [4.69, 9.17) is 0 Å². The van der Waals surface area contributed by atoms with Crippen LogP contribution in [0.1, 0.15) is 38.3 Å². The van der Waals surface area contributed by atoms with Crippen molar-refractivity contribution in [3.63, 3.8) is 0 Å². The molecular weight excluding hydrogens is 284 g/mol. The summed E-state index contributed by atoms with van der Waals surface area (Å²) < 4.78 is 27.9. The highest BCUT2D eigenvalue weighted by molar-refractivity contribution is 7.89. The molecule has 1 saturated carbocycles. The first-order valence-electron chi connectivity index (χ1n) is 7.80. The Kier molecular flexibility index (Phi) is 5.41. The maximum Gasteiger partial charge on any atom is 0.240 e. The molecule has 0 spiro atoms. The Morgan fingerprint density at radius 1 is 1.29 bits per heavy atom. The van der Waals surface area contributed by atoms with Crippen molar-refractivity contribution in [3.8, 4) is 0 Å². The van der Waals surface area contributed by atoms with Crippen molar-refractivity contribution in [3.05, 3.63) is 29.3 Å². The molecule has 0 aliphatic heterocycles. The largest absolute Gasteiger partial charge is 0.313 e. The Hall–Kier alpha value is -0.910. The van der Waals surface area contributed by atoms with Gasteiger partial charge in [-0.15, -0.1) is 0 Å². The van der Waals surface area contributed by atoms with E-state index in [0.717, 1.165) is 30.5 Å². The molecule has 2 rings (SSSR count). The minimum atomic E-state index is -3.41. The standard InChI is InChI=1S/C16H26N2O2S/c1-4-14-7-6-13(10-17-5-2)9-16(14)21(19,20)18-11-15-8-12(15)3/h6-7,9,12,15,17-18H,4-5,8,10-11H2,1-3H3. The first kappa shape index (κ1) is 16.5. The molecule has 0 aromatic heterocycles. The van der Waals surface area contributed by atoms with Crippen LogP contribution in [0.25, 0.3) is 0 Å². The van der Waals surface area contributed by atoms with Gasteiger partial charge in [0.2, 0.25) is 10.0 Å². The molecule has 1 aromatic carbocycles. The van der Waals surface area contributed by atoms with Crippen LogP contribution in [0.15, 0.2) is 23.1 Å². The quantitative estimate of drug-likeness (QED) is 0.774. The van der Waals surface area contributed by atoms with Crippen LogP contribution in [-0.2, 0) is 23.0 Å². The molecule has 2 unspecified atom stereocenters. The number of hydrogen-bond acceptors (Lipinski definition) is 3. The fraction of sp³-hybridized carbons (Fsp3) is 0.625. The molecule has 2 atom stereocenters. The second kappa shape index (κ2) is 6.90. The zero-order chi connectivity index (χ0) is 15.5. The van der Waals surface area contributed by atoms with Gasteiger partial charge in [0.15, 0.2) is 0 Å². The van der Waals surface area contributed by atoms with Crippen LogP contribution in [0, 0.1) is 11.8 Å². The van der Waals surface area contributed by atoms with Gasteiger partial charge in [-0.25, -0.2) is 13.1 Å². The first-order valence-corrected chi connectivity index (χ1v) is 9.28. The summed E-state index contributed by atoms with van der Waals surface area (Å²) in [6.07, 6.45) is 1.85. The lowest BCUT2D eigenvalue weighted by Gasteiger charge is -2.13. The van der Waals surface area contributed by atoms with E-state index >= 15 is 0 Å². The van der Waals surface area contributed by atoms with Gasteiger partial charge in [-0.3, -0.25) is 0 Å². The van der Waals surface area contributed by atoms with Crippen molar-refractivity contribution in [1.82, 2.24) is 10.0 Å². The molecule has 1 aliphatic rings. The molecule has 2 N–H and O–H groups in total. The number of aryl methyl sites for hydroxylation is 1. The average molecular weight is 310 g/mol. The van der Waals surface area contributed by atoms with E-state index < -0.39 is 10.0 Å². The number of benzene rings is 1. The SMILES string of the molecule is CCNCc1ccc(CC)c(S(=O)(=O)NCC2CC2C)c1. The fourth-order valence-electron chi connectivity index (χ4n) is 2.50. The second-order valence-electron chi connectivity index (χ2n) is 5.90. The lowest BCUT2D eigenvalue weighted by Crippen LogP contribution is -2.27. The molecule has 1 aromatic rings. The minimum absolute atomic E-state index is 0.439. The van der Waals surface area contributed by atoms with E-state index in [2.05, 4.69) is 17.0 Å². The number of hydrogen-bond donors (Lipinski definition) is 2. The Morgan fingerprint density at radius 2 is 2.00 bits per heavy atom. The van der Waals surface area contributed by atoms with Gasteiger partial charge >= 0.3 is 0 Å². The van der Waals surface area contributed by atoms with Gasteiger partial charge in [0.05, 0.1) is 4.90 Å². The van der Waals surface area contributed by atoms with Gasteiger partial charge in [-0.2, -0.15) is 0 Å². The lowest BCUT2D eigenvalue weighted by molar-refractivity contribution is 0.573. The van der Waals surface area contributed by atoms with Crippen molar-refractivity contribution in [2.75, 3.05) is 13.1 Å². The molecule has 0 saturated heterocycles. The van der Waals surface area contributed by atoms with Crippen LogP contribution in [0.3, 0.4) is 0 Å². The Bertz CT molecular complexity index is 584. The van der Waals surface area contributed by atoms with Crippen LogP contribution in [0.2, 0.25) is 0 Å². The predicted octanol–water partition coefficient (Wildman–Crippen LogP) is 2.29. The van der Waals surface area contributed by atoms with Crippen molar-refractivity contribution >= 4 is 10.0 Å². The van der Waals surface area contributed by atoms with Crippen LogP contribution >= 0.6 is 0 Å². The van der Waals surface area contributed by atoms with Crippen LogP contribution < -0.4 is 10.0 Å². The summed E-state index contributed by atoms with van der Waals surface area (Å²) in [6, 6.07) is 5.74. The van der Waals surface area contributed by atoms with Crippen LogP contribution in [-0.4, -0.2) is 21.5 Å². The molecule has 0 bridgehead atoms. The van der Waals surface area contributed by atoms with Gasteiger partial charge in [0.1, 0.15) is 0 Å². The summed E-state index contributed by atoms with van der Waals surface area (Å²) in [7, 11) is -3.41. The third-order valence-corrected chi connectivity index (χ3v) is 5.70. The summed E-state index contributed by atoms with van der Waals surface area (Å²) in [5, 5.41) is 3.23. The number of nitrogens with one attached hydrogen (secondary N) is 2. The Labute approximate surface area is 128 Å². The summed E-state index contributed by atoms with van der Waals surface area (Å²) in [4.78, 5) is 0.439. The third-order valence-electron chi connectivity index (χ3n) is 4.19. The van der Waals surface area contributed by atoms with E-state index in [1.165, 1.54) is 0 Å². The van der Waals surface area contributed by atoms with E-state index in [1.807, 2.05) is 26.0 Å². The molecule has 0 radical (unpaired) electrons. The van der Waals surface area contributed by atoms with Gasteiger partial charge in [-0.1, -0.05) is 32.9 Å². The zero-order valence-corrected chi connectivity index (χ0v) is 14.0. The lowest BCUT2D eigenvalue weighted by atomic mass is 10.1. The molecule has 0 heterocycles. The Balaban J connectivity index is 2.17. The molecule has 1 aliphatic carbocycles. The zero-order valence-electron chi connectivity index (χ0n) is 13.1. The highest BCUT2D eigenvalue weighted by atomic mass is 32.2. The second-order valence-corrected chi connectivity index (χ2v) is 7.64. The molecule has 0 amide bonds. The minimum Gasteiger partial charge on any atom is -0.313 e. The van der Waals surface area contributed by atoms with E-state index in [1.54, 1.807) is 6.07 Å². The summed E-state index contributed by atoms with van der Waals surface area (Å²) >= 11 is 0. The van der Waals surface area contributed by atoms with Crippen molar-refractivity contribution in [1.29, 1.82) is 0 Å². The molecule has 21 heavy (non-hydrogen) atoms. The van der Waals surface area contributed by atoms with Gasteiger partial charge < -0.3 is 5.32 Å². The predicted molar refractivity (Wildman–Crippen MR) is 85.7 cm³/mol. The molecular formula is C16H26N2O2S. The molecule has 5 heteroatoms. The van der Waals surface area contributed by atoms with Crippen LogP contribution in [0.5, 0.6) is 0 Å². The van der Waals surface area contributed by atoms with Crippen molar-refractivity contribution in [2.45, 2.75) is 45.1 Å². The van der Waals surface area contributed by atoms with Gasteiger partial charge in [-0.05, 0) is 48.4 Å². The maximum absolute atomic E-state index is 12.5. The average Bonchev–Trinajstić information content (AvgIpc) is 3.18. The maximum atomic E-state index is 12.5. The molecule has 4 nitrogen and oxygen atoms in total. The smallest absolute Gasteiger partial charge is 0.240 e. The Morgan fingerprint density at radius 3 is 2.57 bits per heavy atom. The van der Waals surface area contributed by atoms with E-state index in [0.29, 0.717) is 29.8 Å². The first-order chi connectivity index (χ1) is 9.97. The molecule has 1 fully saturated rings. The summed E-state index contributed by atoms with van der Waals surface area (Å²) in [5.41, 5.74) is 1.89. The fourth-order valence-corrected chi connectivity index (χ4v) is 3.95.